The number of carbonyl (C=O) groups excluding carboxylic acids is 1. The van der Waals surface area contributed by atoms with E-state index < -0.39 is 0 Å². The van der Waals surface area contributed by atoms with Gasteiger partial charge in [0.1, 0.15) is 0 Å². The van der Waals surface area contributed by atoms with E-state index in [4.69, 9.17) is 9.47 Å². The first-order valence-electron chi connectivity index (χ1n) is 11.8. The number of piperazine rings is 1. The zero-order valence-electron chi connectivity index (χ0n) is 19.0. The second-order valence-corrected chi connectivity index (χ2v) is 9.97. The molecule has 2 aromatic heterocycles. The fourth-order valence-electron chi connectivity index (χ4n) is 4.94. The Kier molecular flexibility index (Phi) is 5.84. The molecule has 3 aliphatic heterocycles. The van der Waals surface area contributed by atoms with Crippen molar-refractivity contribution < 1.29 is 14.3 Å². The summed E-state index contributed by atoms with van der Waals surface area (Å²) in [6.45, 7) is 6.11. The standard InChI is InChI=1S/C24H28N6O3S/c31-22(19-4-3-9-30(16-19)24-26-25-23(34-24)29-7-1-2-8-29)28-12-10-27(11-13-28)15-18-5-6-20-21(14-18)33-17-32-20/h1-2,5-8,14,19H,3-4,9-13,15-17H2/t19-/m1/s1. The number of aromatic nitrogens is 3. The van der Waals surface area contributed by atoms with Gasteiger partial charge in [-0.25, -0.2) is 0 Å². The summed E-state index contributed by atoms with van der Waals surface area (Å²) < 4.78 is 12.9. The predicted octanol–water partition coefficient (Wildman–Crippen LogP) is 2.62. The van der Waals surface area contributed by atoms with E-state index in [1.165, 1.54) is 5.56 Å². The first kappa shape index (κ1) is 21.4. The molecule has 2 fully saturated rings. The third-order valence-electron chi connectivity index (χ3n) is 6.80. The van der Waals surface area contributed by atoms with Gasteiger partial charge in [-0.05, 0) is 42.7 Å². The molecule has 5 heterocycles. The molecule has 34 heavy (non-hydrogen) atoms. The molecule has 0 radical (unpaired) electrons. The van der Waals surface area contributed by atoms with Crippen LogP contribution in [-0.4, -0.2) is 76.5 Å². The summed E-state index contributed by atoms with van der Waals surface area (Å²) in [4.78, 5) is 20.0. The zero-order chi connectivity index (χ0) is 22.9. The van der Waals surface area contributed by atoms with E-state index in [-0.39, 0.29) is 11.8 Å². The van der Waals surface area contributed by atoms with E-state index >= 15 is 0 Å². The summed E-state index contributed by atoms with van der Waals surface area (Å²) in [5.74, 6) is 1.94. The molecule has 6 rings (SSSR count). The van der Waals surface area contributed by atoms with Gasteiger partial charge in [-0.2, -0.15) is 0 Å². The van der Waals surface area contributed by atoms with Gasteiger partial charge < -0.3 is 19.3 Å². The van der Waals surface area contributed by atoms with Crippen molar-refractivity contribution >= 4 is 22.4 Å². The summed E-state index contributed by atoms with van der Waals surface area (Å²) in [5.41, 5.74) is 1.21. The van der Waals surface area contributed by atoms with Crippen LogP contribution in [0.4, 0.5) is 5.13 Å². The van der Waals surface area contributed by atoms with Crippen LogP contribution in [0.2, 0.25) is 0 Å². The Morgan fingerprint density at radius 1 is 1.00 bits per heavy atom. The SMILES string of the molecule is O=C([C@@H]1CCCN(c2nnc(-n3cccc3)s2)C1)N1CCN(Cc2ccc3c(c2)OCO3)CC1. The lowest BCUT2D eigenvalue weighted by Gasteiger charge is -2.39. The lowest BCUT2D eigenvalue weighted by molar-refractivity contribution is -0.137. The van der Waals surface area contributed by atoms with Gasteiger partial charge >= 0.3 is 0 Å². The van der Waals surface area contributed by atoms with Crippen molar-refractivity contribution in [2.45, 2.75) is 19.4 Å². The maximum Gasteiger partial charge on any atom is 0.231 e. The van der Waals surface area contributed by atoms with Crippen LogP contribution in [0.3, 0.4) is 0 Å². The van der Waals surface area contributed by atoms with E-state index in [2.05, 4.69) is 37.0 Å². The van der Waals surface area contributed by atoms with Gasteiger partial charge in [0.05, 0.1) is 5.92 Å². The average molecular weight is 481 g/mol. The number of benzene rings is 1. The van der Waals surface area contributed by atoms with Crippen LogP contribution in [0.1, 0.15) is 18.4 Å². The molecule has 0 bridgehead atoms. The summed E-state index contributed by atoms with van der Waals surface area (Å²) in [7, 11) is 0. The molecule has 0 spiro atoms. The smallest absolute Gasteiger partial charge is 0.231 e. The monoisotopic (exact) mass is 480 g/mol. The second kappa shape index (κ2) is 9.27. The molecule has 0 unspecified atom stereocenters. The number of piperidine rings is 1. The summed E-state index contributed by atoms with van der Waals surface area (Å²) in [5, 5.41) is 10.5. The number of anilines is 1. The van der Waals surface area contributed by atoms with E-state index in [0.717, 1.165) is 80.4 Å². The highest BCUT2D eigenvalue weighted by atomic mass is 32.1. The topological polar surface area (TPSA) is 76.0 Å². The lowest BCUT2D eigenvalue weighted by Crippen LogP contribution is -2.52. The van der Waals surface area contributed by atoms with Gasteiger partial charge in [0.2, 0.25) is 23.0 Å². The maximum absolute atomic E-state index is 13.3. The maximum atomic E-state index is 13.3. The van der Waals surface area contributed by atoms with E-state index in [1.807, 2.05) is 35.2 Å². The number of rotatable bonds is 5. The average Bonchev–Trinajstić information content (AvgIpc) is 3.65. The normalized spacial score (nSPS) is 20.6. The second-order valence-electron chi connectivity index (χ2n) is 9.03. The lowest BCUT2D eigenvalue weighted by atomic mass is 9.96. The number of carbonyl (C=O) groups is 1. The van der Waals surface area contributed by atoms with Gasteiger partial charge in [0, 0.05) is 58.2 Å². The Hall–Kier alpha value is -3.11. The number of fused-ring (bicyclic) bond motifs is 1. The predicted molar refractivity (Wildman–Crippen MR) is 129 cm³/mol. The van der Waals surface area contributed by atoms with Gasteiger partial charge in [-0.1, -0.05) is 17.4 Å². The molecule has 10 heteroatoms. The fraction of sp³-hybridized carbons (Fsp3) is 0.458. The van der Waals surface area contributed by atoms with E-state index in [0.29, 0.717) is 6.79 Å². The first-order chi connectivity index (χ1) is 16.7. The van der Waals surface area contributed by atoms with Gasteiger partial charge in [0.15, 0.2) is 11.5 Å². The number of hydrogen-bond acceptors (Lipinski definition) is 8. The van der Waals surface area contributed by atoms with Gasteiger partial charge in [-0.15, -0.1) is 10.2 Å². The van der Waals surface area contributed by atoms with Crippen molar-refractivity contribution in [1.29, 1.82) is 0 Å². The van der Waals surface area contributed by atoms with E-state index in [9.17, 15) is 4.79 Å². The summed E-state index contributed by atoms with van der Waals surface area (Å²) in [6.07, 6.45) is 5.88. The Morgan fingerprint density at radius 2 is 1.79 bits per heavy atom. The van der Waals surface area contributed by atoms with Crippen molar-refractivity contribution in [1.82, 2.24) is 24.6 Å². The minimum atomic E-state index is 0.0214. The van der Waals surface area contributed by atoms with Crippen molar-refractivity contribution in [3.8, 4) is 16.6 Å². The third kappa shape index (κ3) is 4.35. The zero-order valence-corrected chi connectivity index (χ0v) is 19.8. The minimum absolute atomic E-state index is 0.0214. The highest BCUT2D eigenvalue weighted by Gasteiger charge is 2.32. The number of hydrogen-bond donors (Lipinski definition) is 0. The van der Waals surface area contributed by atoms with Crippen LogP contribution in [-0.2, 0) is 11.3 Å². The molecular weight excluding hydrogens is 452 g/mol. The molecule has 9 nitrogen and oxygen atoms in total. The Balaban J connectivity index is 1.03. The Labute approximate surface area is 202 Å². The van der Waals surface area contributed by atoms with Crippen molar-refractivity contribution in [3.05, 3.63) is 48.3 Å². The minimum Gasteiger partial charge on any atom is -0.454 e. The highest BCUT2D eigenvalue weighted by molar-refractivity contribution is 7.17. The Morgan fingerprint density at radius 3 is 2.65 bits per heavy atom. The number of nitrogens with zero attached hydrogens (tertiary/aromatic N) is 6. The summed E-state index contributed by atoms with van der Waals surface area (Å²) in [6, 6.07) is 10.1. The van der Waals surface area contributed by atoms with Crippen LogP contribution in [0.15, 0.2) is 42.7 Å². The Bertz CT molecular complexity index is 1140. The molecule has 0 aliphatic carbocycles. The van der Waals surface area contributed by atoms with Crippen molar-refractivity contribution in [3.63, 3.8) is 0 Å². The van der Waals surface area contributed by atoms with Gasteiger partial charge in [-0.3, -0.25) is 14.3 Å². The van der Waals surface area contributed by atoms with Crippen LogP contribution in [0.25, 0.3) is 5.13 Å². The molecule has 1 aromatic carbocycles. The molecule has 3 aliphatic rings. The van der Waals surface area contributed by atoms with Crippen LogP contribution < -0.4 is 14.4 Å². The molecular formula is C24H28N6O3S. The molecule has 1 amide bonds. The molecule has 3 aromatic rings. The van der Waals surface area contributed by atoms with Gasteiger partial charge in [0.25, 0.3) is 0 Å². The molecule has 0 saturated carbocycles. The molecule has 1 atom stereocenters. The third-order valence-corrected chi connectivity index (χ3v) is 7.79. The van der Waals surface area contributed by atoms with Crippen molar-refractivity contribution in [2.24, 2.45) is 5.92 Å². The number of ether oxygens (including phenoxy) is 2. The first-order valence-corrected chi connectivity index (χ1v) is 12.7. The molecule has 2 saturated heterocycles. The van der Waals surface area contributed by atoms with Crippen LogP contribution >= 0.6 is 11.3 Å². The van der Waals surface area contributed by atoms with E-state index in [1.54, 1.807) is 11.3 Å². The fourth-order valence-corrected chi connectivity index (χ4v) is 5.79. The van der Waals surface area contributed by atoms with Crippen molar-refractivity contribution in [2.75, 3.05) is 51.0 Å². The summed E-state index contributed by atoms with van der Waals surface area (Å²) >= 11 is 1.57. The molecule has 178 valence electrons. The van der Waals surface area contributed by atoms with Crippen LogP contribution in [0, 0.1) is 5.92 Å². The largest absolute Gasteiger partial charge is 0.454 e. The molecule has 0 N–H and O–H groups in total. The quantitative estimate of drug-likeness (QED) is 0.556. The highest BCUT2D eigenvalue weighted by Crippen LogP contribution is 2.33. The van der Waals surface area contributed by atoms with Crippen LogP contribution in [0.5, 0.6) is 11.5 Å². The number of amides is 1.